The Morgan fingerprint density at radius 3 is 1.30 bits per heavy atom. The molecular weight excluding hydrogens is 1250 g/mol. The van der Waals surface area contributed by atoms with Gasteiger partial charge in [-0.15, -0.1) is 0 Å². The number of rotatable bonds is 38. The van der Waals surface area contributed by atoms with Crippen molar-refractivity contribution in [1.29, 1.82) is 0 Å². The number of benzene rings is 5. The fourth-order valence-corrected chi connectivity index (χ4v) is 12.5. The number of primary amides is 1. The number of aliphatic hydroxyl groups excluding tert-OH is 3. The molecule has 1 aliphatic heterocycles. The van der Waals surface area contributed by atoms with Gasteiger partial charge in [-0.1, -0.05) is 140 Å². The average Bonchev–Trinajstić information content (AvgIpc) is 1.55. The molecule has 2 heterocycles. The van der Waals surface area contributed by atoms with Crippen LogP contribution in [0.2, 0.25) is 0 Å². The minimum atomic E-state index is -4.13. The molecule has 26 nitrogen and oxygen atoms in total. The first-order chi connectivity index (χ1) is 46.1. The lowest BCUT2D eigenvalue weighted by Gasteiger charge is -2.34. The van der Waals surface area contributed by atoms with Crippen LogP contribution in [0.25, 0.3) is 10.9 Å². The number of H-pyrrole nitrogens is 1. The first kappa shape index (κ1) is 74.5. The molecule has 8 amide bonds. The number of nitrogens with two attached hydrogens (primary N) is 2. The lowest BCUT2D eigenvalue weighted by atomic mass is 10.00. The van der Waals surface area contributed by atoms with Gasteiger partial charge in [0, 0.05) is 82.1 Å². The fraction of sp³-hybridized carbons (Fsp3) is 0.420. The van der Waals surface area contributed by atoms with Gasteiger partial charge in [0.25, 0.3) is 0 Å². The van der Waals surface area contributed by atoms with E-state index in [9.17, 15) is 47.7 Å². The molecular formula is C69H91N13O13S. The second kappa shape index (κ2) is 37.4. The van der Waals surface area contributed by atoms with E-state index in [0.29, 0.717) is 77.9 Å². The number of hydrogen-bond donors (Lipinski definition) is 14. The van der Waals surface area contributed by atoms with Crippen LogP contribution in [0.1, 0.15) is 60.9 Å². The number of nitrogens with zero attached hydrogens (tertiary/aromatic N) is 2. The van der Waals surface area contributed by atoms with E-state index in [1.54, 1.807) is 134 Å². The third kappa shape index (κ3) is 23.5. The molecule has 6 aromatic rings. The van der Waals surface area contributed by atoms with Crippen LogP contribution in [0, 0.1) is 0 Å². The molecule has 1 aliphatic rings. The third-order valence-electron chi connectivity index (χ3n) is 16.7. The van der Waals surface area contributed by atoms with Gasteiger partial charge in [0.2, 0.25) is 57.3 Å². The lowest BCUT2D eigenvalue weighted by Crippen LogP contribution is -2.62. The molecule has 7 rings (SSSR count). The lowest BCUT2D eigenvalue weighted by molar-refractivity contribution is -0.137. The number of aliphatic hydroxyl groups is 3. The van der Waals surface area contributed by atoms with E-state index < -0.39 is 118 Å². The van der Waals surface area contributed by atoms with Crippen molar-refractivity contribution in [3.05, 3.63) is 180 Å². The maximum Gasteiger partial charge on any atom is 0.245 e. The summed E-state index contributed by atoms with van der Waals surface area (Å²) in [5.41, 5.74) is 15.1. The van der Waals surface area contributed by atoms with Crippen molar-refractivity contribution in [2.24, 2.45) is 11.5 Å². The summed E-state index contributed by atoms with van der Waals surface area (Å²) in [6, 6.07) is 30.1. The predicted octanol–water partition coefficient (Wildman–Crippen LogP) is -0.651. The largest absolute Gasteiger partial charge is 0.395 e. The summed E-state index contributed by atoms with van der Waals surface area (Å²) in [6.45, 7) is 5.88. The molecule has 1 saturated heterocycles. The topological polar surface area (TPSA) is 402 Å². The molecule has 16 N–H and O–H groups in total. The molecule has 27 heteroatoms. The normalized spacial score (nSPS) is 16.0. The summed E-state index contributed by atoms with van der Waals surface area (Å²) in [5, 5.41) is 50.3. The molecule has 1 aromatic heterocycles. The summed E-state index contributed by atoms with van der Waals surface area (Å²) < 4.78 is 30.5. The smallest absolute Gasteiger partial charge is 0.245 e. The van der Waals surface area contributed by atoms with Crippen molar-refractivity contribution in [1.82, 2.24) is 56.7 Å². The molecule has 516 valence electrons. The Bertz CT molecular complexity index is 3600. The molecule has 0 unspecified atom stereocenters. The number of carbonyl (C=O) groups excluding carboxylic acids is 8. The first-order valence-corrected chi connectivity index (χ1v) is 34.0. The van der Waals surface area contributed by atoms with Gasteiger partial charge in [-0.3, -0.25) is 48.2 Å². The first-order valence-electron chi connectivity index (χ1n) is 32.3. The van der Waals surface area contributed by atoms with Crippen LogP contribution >= 0.6 is 0 Å². The van der Waals surface area contributed by atoms with E-state index in [1.165, 1.54) is 13.8 Å². The zero-order chi connectivity index (χ0) is 69.2. The van der Waals surface area contributed by atoms with Gasteiger partial charge in [0.05, 0.1) is 24.6 Å². The summed E-state index contributed by atoms with van der Waals surface area (Å²) >= 11 is 0. The van der Waals surface area contributed by atoms with Gasteiger partial charge >= 0.3 is 0 Å². The van der Waals surface area contributed by atoms with Gasteiger partial charge in [-0.2, -0.15) is 0 Å². The molecule has 0 spiro atoms. The molecule has 0 aliphatic carbocycles. The van der Waals surface area contributed by atoms with Crippen LogP contribution < -0.4 is 53.4 Å². The van der Waals surface area contributed by atoms with Crippen molar-refractivity contribution in [2.45, 2.75) is 126 Å². The third-order valence-corrected chi connectivity index (χ3v) is 18.1. The molecule has 0 bridgehead atoms. The zero-order valence-corrected chi connectivity index (χ0v) is 54.9. The highest BCUT2D eigenvalue weighted by Gasteiger charge is 2.37. The van der Waals surface area contributed by atoms with E-state index in [4.69, 9.17) is 11.5 Å². The van der Waals surface area contributed by atoms with E-state index in [-0.39, 0.29) is 70.4 Å². The number of amides is 8. The molecule has 5 aromatic carbocycles. The number of aromatic amines is 1. The van der Waals surface area contributed by atoms with Gasteiger partial charge in [-0.25, -0.2) is 13.1 Å². The number of sulfonamides is 1. The van der Waals surface area contributed by atoms with Crippen molar-refractivity contribution in [2.75, 3.05) is 58.2 Å². The zero-order valence-electron chi connectivity index (χ0n) is 54.1. The maximum absolute atomic E-state index is 15.3. The van der Waals surface area contributed by atoms with Gasteiger partial charge in [0.15, 0.2) is 0 Å². The second-order valence-electron chi connectivity index (χ2n) is 24.2. The van der Waals surface area contributed by atoms with Crippen molar-refractivity contribution < 1.29 is 62.1 Å². The van der Waals surface area contributed by atoms with Crippen LogP contribution in [0.4, 0.5) is 0 Å². The van der Waals surface area contributed by atoms with E-state index in [1.807, 2.05) is 23.1 Å². The minimum absolute atomic E-state index is 0.0154. The Kier molecular flexibility index (Phi) is 29.0. The van der Waals surface area contributed by atoms with Crippen LogP contribution in [0.3, 0.4) is 0 Å². The molecule has 0 radical (unpaired) electrons. The van der Waals surface area contributed by atoms with Crippen molar-refractivity contribution in [3.63, 3.8) is 0 Å². The molecule has 96 heavy (non-hydrogen) atoms. The summed E-state index contributed by atoms with van der Waals surface area (Å²) in [6.07, 6.45) is -1.36. The van der Waals surface area contributed by atoms with E-state index >= 15 is 14.4 Å². The number of carbonyl (C=O) groups is 8. The number of aromatic nitrogens is 1. The van der Waals surface area contributed by atoms with E-state index in [2.05, 4.69) is 51.8 Å². The number of fused-ring (bicyclic) bond motifs is 1. The van der Waals surface area contributed by atoms with Gasteiger partial charge in [-0.05, 0) is 80.0 Å². The number of nitrogens with one attached hydrogen (secondary N) is 9. The van der Waals surface area contributed by atoms with Crippen molar-refractivity contribution >= 4 is 68.2 Å². The number of hydrogen-bond acceptors (Lipinski definition) is 16. The Balaban J connectivity index is 1.16. The van der Waals surface area contributed by atoms with Gasteiger partial charge < -0.3 is 69.0 Å². The highest BCUT2D eigenvalue weighted by molar-refractivity contribution is 7.89. The van der Waals surface area contributed by atoms with Crippen LogP contribution in [-0.4, -0.2) is 204 Å². The fourth-order valence-electron chi connectivity index (χ4n) is 11.3. The Morgan fingerprint density at radius 1 is 0.479 bits per heavy atom. The quantitative estimate of drug-likeness (QED) is 0.0214. The molecule has 10 atom stereocenters. The van der Waals surface area contributed by atoms with Crippen LogP contribution in [0.15, 0.2) is 152 Å². The number of unbranched alkanes of at least 4 members (excludes halogenated alkanes) is 1. The second-order valence-corrected chi connectivity index (χ2v) is 26.0. The summed E-state index contributed by atoms with van der Waals surface area (Å²) in [4.78, 5) is 122. The standard InChI is InChI=1S/C69H91N13O13S/c1-45(84)60(62(71)86)78-67(91)57(41-49-23-11-5-12-24-49)77-69(93)61(46(2)85)79-63(87)54(29-17-18-30-70)73-66(90)58(43-51-44-72-53-28-16-15-27-52(51)53)76-65(89)55(39-47-19-7-3-8-20-47)74-64(88)56(40-48-21-9-4-10-22-48)75-68(92)59(42-50-25-13-6-14-26-50)80-96(94,95)38-36-82-33-31-81(32-34-82)35-37-83/h3-16,19-28,44-46,54-61,72,80,83-85H,17-18,29-43,70H2,1-2H3,(H2,71,86)(H,73,90)(H,74,88)(H,75,92)(H,76,89)(H,77,93)(H,78,91)(H,79,87)/t45-,46-,54+,55+,56+,57+,58-,59-,60+,61+/m1/s1. The molecule has 0 saturated carbocycles. The SMILES string of the molecule is C[C@@H](O)[C@H](NC(=O)[C@H](Cc1ccccc1)NC(=O)[C@@H](NC(=O)[C@H](CCCCN)NC(=O)[C@@H](Cc1c[nH]c2ccccc12)NC(=O)[C@H](Cc1ccccc1)NC(=O)[C@H](Cc1ccccc1)NC(=O)[C@@H](Cc1ccccc1)NS(=O)(=O)CCN1CCN(CCO)CC1)[C@@H](C)O)C(N)=O. The predicted molar refractivity (Wildman–Crippen MR) is 362 cm³/mol. The van der Waals surface area contributed by atoms with Crippen molar-refractivity contribution in [3.8, 4) is 0 Å². The highest BCUT2D eigenvalue weighted by atomic mass is 32.2. The number of β-amino-alcohol motifs (C(OH)–C–C–N with tert-alkyl or cyclic N) is 1. The molecule has 1 fully saturated rings. The van der Waals surface area contributed by atoms with Crippen LogP contribution in [-0.2, 0) is 80.5 Å². The number of para-hydroxylation sites is 1. The Hall–Kier alpha value is -8.93. The van der Waals surface area contributed by atoms with E-state index in [0.717, 1.165) is 0 Å². The minimum Gasteiger partial charge on any atom is -0.395 e. The van der Waals surface area contributed by atoms with Crippen LogP contribution in [0.5, 0.6) is 0 Å². The number of piperazine rings is 1. The maximum atomic E-state index is 15.3. The highest BCUT2D eigenvalue weighted by Crippen LogP contribution is 2.21. The summed E-state index contributed by atoms with van der Waals surface area (Å²) in [5.74, 6) is -7.60. The monoisotopic (exact) mass is 1340 g/mol. The summed E-state index contributed by atoms with van der Waals surface area (Å²) in [7, 11) is -4.13. The average molecular weight is 1340 g/mol. The Morgan fingerprint density at radius 2 is 0.854 bits per heavy atom. The van der Waals surface area contributed by atoms with Gasteiger partial charge in [0.1, 0.15) is 48.3 Å². The Labute approximate surface area is 559 Å².